The van der Waals surface area contributed by atoms with Gasteiger partial charge in [-0.1, -0.05) is 0 Å². The molecule has 2 aromatic heterocycles. The normalized spacial score (nSPS) is 11.0. The van der Waals surface area contributed by atoms with Gasteiger partial charge in [-0.25, -0.2) is 9.78 Å². The predicted octanol–water partition coefficient (Wildman–Crippen LogP) is 2.61. The highest BCUT2D eigenvalue weighted by molar-refractivity contribution is 5.79. The van der Waals surface area contributed by atoms with Gasteiger partial charge in [0.2, 0.25) is 0 Å². The lowest BCUT2D eigenvalue weighted by molar-refractivity contribution is 0.484. The fraction of sp³-hybridized carbons (Fsp3) is 0.250. The van der Waals surface area contributed by atoms with Gasteiger partial charge in [0, 0.05) is 31.0 Å². The van der Waals surface area contributed by atoms with Gasteiger partial charge in [0.25, 0.3) is 0 Å². The molecule has 0 unspecified atom stereocenters. The van der Waals surface area contributed by atoms with Crippen LogP contribution in [0.25, 0.3) is 11.2 Å². The first-order valence-electron chi connectivity index (χ1n) is 7.27. The molecule has 6 nitrogen and oxygen atoms in total. The number of benzene rings is 1. The fourth-order valence-corrected chi connectivity index (χ4v) is 2.53. The second-order valence-corrected chi connectivity index (χ2v) is 4.92. The van der Waals surface area contributed by atoms with E-state index >= 15 is 0 Å². The molecule has 1 aromatic carbocycles. The Morgan fingerprint density at radius 2 is 1.77 bits per heavy atom. The van der Waals surface area contributed by atoms with E-state index in [9.17, 15) is 4.79 Å². The minimum Gasteiger partial charge on any atom is -0.455 e. The molecule has 2 N–H and O–H groups in total. The Kier molecular flexibility index (Phi) is 3.58. The maximum atomic E-state index is 12.4. The Labute approximate surface area is 127 Å². The summed E-state index contributed by atoms with van der Waals surface area (Å²) in [5.41, 5.74) is 7.65. The minimum absolute atomic E-state index is 0.0687. The number of ether oxygens (including phenoxy) is 1. The number of pyridine rings is 1. The van der Waals surface area contributed by atoms with Crippen molar-refractivity contribution in [1.82, 2.24) is 14.1 Å². The first kappa shape index (κ1) is 14.2. The molecule has 0 atom stereocenters. The van der Waals surface area contributed by atoms with Gasteiger partial charge in [0.05, 0.1) is 0 Å². The van der Waals surface area contributed by atoms with Crippen molar-refractivity contribution >= 4 is 16.9 Å². The van der Waals surface area contributed by atoms with Crippen LogP contribution in [-0.4, -0.2) is 14.1 Å². The van der Waals surface area contributed by atoms with Crippen LogP contribution in [0.3, 0.4) is 0 Å². The quantitative estimate of drug-likeness (QED) is 0.751. The van der Waals surface area contributed by atoms with Gasteiger partial charge < -0.3 is 10.5 Å². The summed E-state index contributed by atoms with van der Waals surface area (Å²) in [5.74, 6) is 1.28. The van der Waals surface area contributed by atoms with Crippen molar-refractivity contribution in [3.8, 4) is 11.5 Å². The third kappa shape index (κ3) is 2.22. The Balaban J connectivity index is 2.17. The van der Waals surface area contributed by atoms with Crippen molar-refractivity contribution in [3.63, 3.8) is 0 Å². The number of nitrogens with two attached hydrogens (primary N) is 1. The van der Waals surface area contributed by atoms with Crippen molar-refractivity contribution < 1.29 is 4.74 Å². The van der Waals surface area contributed by atoms with E-state index in [0.29, 0.717) is 41.4 Å². The molecule has 0 fully saturated rings. The number of hydrogen-bond donors (Lipinski definition) is 1. The molecule has 6 heteroatoms. The van der Waals surface area contributed by atoms with Crippen molar-refractivity contribution in [2.45, 2.75) is 26.9 Å². The van der Waals surface area contributed by atoms with Crippen LogP contribution in [0.1, 0.15) is 13.8 Å². The van der Waals surface area contributed by atoms with Gasteiger partial charge in [-0.3, -0.25) is 9.13 Å². The first-order valence-corrected chi connectivity index (χ1v) is 7.27. The smallest absolute Gasteiger partial charge is 0.330 e. The average molecular weight is 298 g/mol. The van der Waals surface area contributed by atoms with Gasteiger partial charge in [0.15, 0.2) is 11.4 Å². The molecule has 0 aliphatic rings. The molecular weight excluding hydrogens is 280 g/mol. The summed E-state index contributed by atoms with van der Waals surface area (Å²) in [6, 6.07) is 8.92. The third-order valence-corrected chi connectivity index (χ3v) is 3.60. The Morgan fingerprint density at radius 1 is 1.09 bits per heavy atom. The van der Waals surface area contributed by atoms with E-state index in [1.165, 1.54) is 0 Å². The monoisotopic (exact) mass is 298 g/mol. The van der Waals surface area contributed by atoms with E-state index in [1.54, 1.807) is 45.7 Å². The lowest BCUT2D eigenvalue weighted by Gasteiger charge is -2.08. The number of imidazole rings is 1. The van der Waals surface area contributed by atoms with Crippen LogP contribution in [0, 0.1) is 0 Å². The summed E-state index contributed by atoms with van der Waals surface area (Å²) in [4.78, 5) is 16.8. The molecule has 0 aliphatic carbocycles. The van der Waals surface area contributed by atoms with E-state index in [2.05, 4.69) is 4.98 Å². The summed E-state index contributed by atoms with van der Waals surface area (Å²) in [5, 5.41) is 0. The molecule has 0 radical (unpaired) electrons. The van der Waals surface area contributed by atoms with Crippen molar-refractivity contribution in [2.75, 3.05) is 5.73 Å². The summed E-state index contributed by atoms with van der Waals surface area (Å²) in [6.45, 7) is 4.99. The summed E-state index contributed by atoms with van der Waals surface area (Å²) in [7, 11) is 0. The van der Waals surface area contributed by atoms with E-state index in [1.807, 2.05) is 13.8 Å². The molecule has 3 aromatic rings. The molecule has 0 bridgehead atoms. The molecular formula is C16H18N4O2. The Hall–Kier alpha value is -2.76. The van der Waals surface area contributed by atoms with Crippen LogP contribution in [0.4, 0.5) is 5.69 Å². The standard InChI is InChI=1S/C16H18N4O2/c1-3-19-14-13(22-12-7-5-11(17)6-8-12)9-10-18-15(14)20(4-2)16(19)21/h5-10H,3-4,17H2,1-2H3. The lowest BCUT2D eigenvalue weighted by atomic mass is 10.3. The lowest BCUT2D eigenvalue weighted by Crippen LogP contribution is -2.23. The predicted molar refractivity (Wildman–Crippen MR) is 86.3 cm³/mol. The number of nitrogens with zero attached hydrogens (tertiary/aromatic N) is 3. The minimum atomic E-state index is -0.0687. The van der Waals surface area contributed by atoms with Crippen LogP contribution < -0.4 is 16.2 Å². The molecule has 2 heterocycles. The van der Waals surface area contributed by atoms with E-state index in [0.717, 1.165) is 0 Å². The second-order valence-electron chi connectivity index (χ2n) is 4.92. The third-order valence-electron chi connectivity index (χ3n) is 3.60. The Bertz CT molecular complexity index is 862. The van der Waals surface area contributed by atoms with Crippen LogP contribution in [0.2, 0.25) is 0 Å². The molecule has 0 saturated carbocycles. The Morgan fingerprint density at radius 3 is 2.41 bits per heavy atom. The summed E-state index contributed by atoms with van der Waals surface area (Å²) in [6.07, 6.45) is 1.65. The SMILES string of the molecule is CCn1c(=O)n(CC)c2c(Oc3ccc(N)cc3)ccnc21. The van der Waals surface area contributed by atoms with Gasteiger partial charge in [0.1, 0.15) is 11.3 Å². The maximum Gasteiger partial charge on any atom is 0.330 e. The number of fused-ring (bicyclic) bond motifs is 1. The zero-order valence-corrected chi connectivity index (χ0v) is 12.6. The van der Waals surface area contributed by atoms with Crippen LogP contribution in [0.5, 0.6) is 11.5 Å². The van der Waals surface area contributed by atoms with Gasteiger partial charge in [-0.15, -0.1) is 0 Å². The number of nitrogen functional groups attached to an aromatic ring is 1. The van der Waals surface area contributed by atoms with Gasteiger partial charge in [-0.05, 0) is 38.1 Å². The maximum absolute atomic E-state index is 12.4. The molecule has 0 aliphatic heterocycles. The molecule has 22 heavy (non-hydrogen) atoms. The number of aryl methyl sites for hydroxylation is 2. The first-order chi connectivity index (χ1) is 10.7. The van der Waals surface area contributed by atoms with Gasteiger partial charge >= 0.3 is 5.69 Å². The molecule has 0 spiro atoms. The second kappa shape index (κ2) is 5.55. The topological polar surface area (TPSA) is 75.1 Å². The largest absolute Gasteiger partial charge is 0.455 e. The number of rotatable bonds is 4. The summed E-state index contributed by atoms with van der Waals surface area (Å²) < 4.78 is 9.26. The van der Waals surface area contributed by atoms with Crippen molar-refractivity contribution in [1.29, 1.82) is 0 Å². The van der Waals surface area contributed by atoms with Gasteiger partial charge in [-0.2, -0.15) is 0 Å². The molecule has 0 amide bonds. The number of anilines is 1. The average Bonchev–Trinajstić information content (AvgIpc) is 2.81. The highest BCUT2D eigenvalue weighted by Gasteiger charge is 2.16. The van der Waals surface area contributed by atoms with E-state index in [4.69, 9.17) is 10.5 Å². The molecule has 0 saturated heterocycles. The number of aromatic nitrogens is 3. The summed E-state index contributed by atoms with van der Waals surface area (Å²) >= 11 is 0. The highest BCUT2D eigenvalue weighted by atomic mass is 16.5. The number of hydrogen-bond acceptors (Lipinski definition) is 4. The molecule has 114 valence electrons. The zero-order valence-electron chi connectivity index (χ0n) is 12.6. The van der Waals surface area contributed by atoms with Crippen molar-refractivity contribution in [2.24, 2.45) is 0 Å². The van der Waals surface area contributed by atoms with Crippen LogP contribution in [0.15, 0.2) is 41.3 Å². The molecule has 3 rings (SSSR count). The fourth-order valence-electron chi connectivity index (χ4n) is 2.53. The van der Waals surface area contributed by atoms with Crippen LogP contribution >= 0.6 is 0 Å². The highest BCUT2D eigenvalue weighted by Crippen LogP contribution is 2.28. The van der Waals surface area contributed by atoms with E-state index in [-0.39, 0.29) is 5.69 Å². The zero-order chi connectivity index (χ0) is 15.7. The van der Waals surface area contributed by atoms with Crippen LogP contribution in [-0.2, 0) is 13.1 Å². The van der Waals surface area contributed by atoms with E-state index < -0.39 is 0 Å². The van der Waals surface area contributed by atoms with Crippen molar-refractivity contribution in [3.05, 3.63) is 47.0 Å².